The summed E-state index contributed by atoms with van der Waals surface area (Å²) < 4.78 is 0. The van der Waals surface area contributed by atoms with Crippen molar-refractivity contribution >= 4 is 0 Å². The third-order valence-corrected chi connectivity index (χ3v) is 1.00. The van der Waals surface area contributed by atoms with Crippen molar-refractivity contribution in [1.82, 2.24) is 0 Å². The van der Waals surface area contributed by atoms with Crippen LogP contribution in [0.25, 0.3) is 0 Å². The van der Waals surface area contributed by atoms with Crippen LogP contribution in [0.1, 0.15) is 33.1 Å². The molecule has 1 heteroatoms. The maximum atomic E-state index is 5.56. The molecule has 0 aliphatic rings. The van der Waals surface area contributed by atoms with Gasteiger partial charge < -0.3 is 5.73 Å². The Hall–Kier alpha value is -0.460. The first-order valence-electron chi connectivity index (χ1n) is 3.25. The maximum absolute atomic E-state index is 5.56. The number of hydrogen-bond acceptors (Lipinski definition) is 1. The first-order chi connectivity index (χ1) is 3.81. The molecule has 0 spiro atoms. The standard InChI is InChI=1S/C7H15N/c1-3-5-7(8)6-4-2/h5H,3-4,6,8H2,1-2H3. The van der Waals surface area contributed by atoms with Crippen LogP contribution in [0.15, 0.2) is 11.8 Å². The van der Waals surface area contributed by atoms with E-state index in [1.54, 1.807) is 0 Å². The third kappa shape index (κ3) is 3.72. The van der Waals surface area contributed by atoms with Crippen molar-refractivity contribution in [2.24, 2.45) is 5.73 Å². The lowest BCUT2D eigenvalue weighted by atomic mass is 10.2. The minimum Gasteiger partial charge on any atom is -0.402 e. The van der Waals surface area contributed by atoms with Crippen LogP contribution in [0.2, 0.25) is 0 Å². The van der Waals surface area contributed by atoms with E-state index >= 15 is 0 Å². The van der Waals surface area contributed by atoms with Crippen LogP contribution >= 0.6 is 0 Å². The number of rotatable bonds is 3. The fraction of sp³-hybridized carbons (Fsp3) is 0.714. The lowest BCUT2D eigenvalue weighted by Crippen LogP contribution is -1.94. The van der Waals surface area contributed by atoms with Crippen molar-refractivity contribution in [3.63, 3.8) is 0 Å². The molecule has 0 bridgehead atoms. The van der Waals surface area contributed by atoms with Gasteiger partial charge in [-0.15, -0.1) is 0 Å². The van der Waals surface area contributed by atoms with Crippen molar-refractivity contribution in [2.45, 2.75) is 33.1 Å². The molecule has 48 valence electrons. The first kappa shape index (κ1) is 7.54. The Morgan fingerprint density at radius 2 is 2.12 bits per heavy atom. The van der Waals surface area contributed by atoms with Gasteiger partial charge in [0.2, 0.25) is 0 Å². The molecule has 0 aromatic rings. The van der Waals surface area contributed by atoms with Crippen molar-refractivity contribution in [3.05, 3.63) is 11.8 Å². The summed E-state index contributed by atoms with van der Waals surface area (Å²) in [6.45, 7) is 4.23. The van der Waals surface area contributed by atoms with E-state index < -0.39 is 0 Å². The van der Waals surface area contributed by atoms with Crippen LogP contribution in [-0.4, -0.2) is 0 Å². The first-order valence-corrected chi connectivity index (χ1v) is 3.25. The van der Waals surface area contributed by atoms with Gasteiger partial charge in [-0.1, -0.05) is 26.3 Å². The molecule has 0 saturated carbocycles. The number of hydrogen-bond donors (Lipinski definition) is 1. The molecule has 0 aromatic heterocycles. The zero-order valence-corrected chi connectivity index (χ0v) is 5.78. The summed E-state index contributed by atoms with van der Waals surface area (Å²) in [5, 5.41) is 0. The largest absolute Gasteiger partial charge is 0.402 e. The molecule has 0 rings (SSSR count). The summed E-state index contributed by atoms with van der Waals surface area (Å²) in [5.74, 6) is 0. The molecule has 1 nitrogen and oxygen atoms in total. The Bertz CT molecular complexity index is 74.5. The third-order valence-electron chi connectivity index (χ3n) is 1.00. The van der Waals surface area contributed by atoms with Crippen molar-refractivity contribution in [3.8, 4) is 0 Å². The van der Waals surface area contributed by atoms with E-state index in [0.29, 0.717) is 0 Å². The second-order valence-electron chi connectivity index (χ2n) is 1.94. The molecule has 0 saturated heterocycles. The second kappa shape index (κ2) is 4.69. The highest BCUT2D eigenvalue weighted by Crippen LogP contribution is 1.96. The molecule has 0 aliphatic heterocycles. The lowest BCUT2D eigenvalue weighted by Gasteiger charge is -1.93. The molecule has 0 amide bonds. The zero-order chi connectivity index (χ0) is 6.41. The van der Waals surface area contributed by atoms with E-state index in [4.69, 9.17) is 5.73 Å². The summed E-state index contributed by atoms with van der Waals surface area (Å²) in [6, 6.07) is 0. The van der Waals surface area contributed by atoms with Gasteiger partial charge in [0.1, 0.15) is 0 Å². The van der Waals surface area contributed by atoms with Gasteiger partial charge in [-0.05, 0) is 12.8 Å². The van der Waals surface area contributed by atoms with Crippen molar-refractivity contribution in [2.75, 3.05) is 0 Å². The fourth-order valence-corrected chi connectivity index (χ4v) is 0.653. The highest BCUT2D eigenvalue weighted by atomic mass is 14.6. The van der Waals surface area contributed by atoms with Crippen molar-refractivity contribution in [1.29, 1.82) is 0 Å². The highest BCUT2D eigenvalue weighted by molar-refractivity contribution is 4.94. The SMILES string of the molecule is CCC=C(N)CCC. The average Bonchev–Trinajstić information content (AvgIpc) is 1.68. The number of allylic oxidation sites excluding steroid dienone is 2. The predicted octanol–water partition coefficient (Wildman–Crippen LogP) is 2.04. The summed E-state index contributed by atoms with van der Waals surface area (Å²) >= 11 is 0. The molecule has 0 aromatic carbocycles. The Morgan fingerprint density at radius 1 is 1.50 bits per heavy atom. The number of nitrogens with two attached hydrogens (primary N) is 1. The van der Waals surface area contributed by atoms with E-state index in [1.807, 2.05) is 0 Å². The minimum atomic E-state index is 1.04. The maximum Gasteiger partial charge on any atom is 0.00397 e. The van der Waals surface area contributed by atoms with Crippen LogP contribution < -0.4 is 5.73 Å². The monoisotopic (exact) mass is 113 g/mol. The second-order valence-corrected chi connectivity index (χ2v) is 1.94. The smallest absolute Gasteiger partial charge is 0.00397 e. The van der Waals surface area contributed by atoms with Crippen LogP contribution in [0.3, 0.4) is 0 Å². The summed E-state index contributed by atoms with van der Waals surface area (Å²) in [7, 11) is 0. The molecule has 0 fully saturated rings. The van der Waals surface area contributed by atoms with Gasteiger partial charge >= 0.3 is 0 Å². The molecule has 0 atom stereocenters. The molecular formula is C7H15N. The molecule has 0 radical (unpaired) electrons. The zero-order valence-electron chi connectivity index (χ0n) is 5.78. The van der Waals surface area contributed by atoms with E-state index in [1.165, 1.54) is 0 Å². The average molecular weight is 113 g/mol. The van der Waals surface area contributed by atoms with Gasteiger partial charge in [-0.25, -0.2) is 0 Å². The molecule has 8 heavy (non-hydrogen) atoms. The molecule has 0 aliphatic carbocycles. The lowest BCUT2D eigenvalue weighted by molar-refractivity contribution is 0.883. The molecule has 0 heterocycles. The normalized spacial score (nSPS) is 12.0. The highest BCUT2D eigenvalue weighted by Gasteiger charge is 1.82. The van der Waals surface area contributed by atoms with Gasteiger partial charge in [0, 0.05) is 5.70 Å². The van der Waals surface area contributed by atoms with Crippen molar-refractivity contribution < 1.29 is 0 Å². The Kier molecular flexibility index (Phi) is 4.42. The van der Waals surface area contributed by atoms with E-state index in [0.717, 1.165) is 25.0 Å². The van der Waals surface area contributed by atoms with Gasteiger partial charge in [-0.2, -0.15) is 0 Å². The van der Waals surface area contributed by atoms with Gasteiger partial charge in [0.25, 0.3) is 0 Å². The van der Waals surface area contributed by atoms with Gasteiger partial charge in [0.15, 0.2) is 0 Å². The van der Waals surface area contributed by atoms with Gasteiger partial charge in [-0.3, -0.25) is 0 Å². The summed E-state index contributed by atoms with van der Waals surface area (Å²) in [6.07, 6.45) is 5.34. The minimum absolute atomic E-state index is 1.04. The van der Waals surface area contributed by atoms with E-state index in [-0.39, 0.29) is 0 Å². The molecule has 2 N–H and O–H groups in total. The summed E-state index contributed by atoms with van der Waals surface area (Å²) in [4.78, 5) is 0. The van der Waals surface area contributed by atoms with E-state index in [2.05, 4.69) is 19.9 Å². The molecule has 0 unspecified atom stereocenters. The molecular weight excluding hydrogens is 98.1 g/mol. The topological polar surface area (TPSA) is 26.0 Å². The fourth-order valence-electron chi connectivity index (χ4n) is 0.653. The summed E-state index contributed by atoms with van der Waals surface area (Å²) in [5.41, 5.74) is 6.59. The van der Waals surface area contributed by atoms with Crippen LogP contribution in [0.5, 0.6) is 0 Å². The van der Waals surface area contributed by atoms with E-state index in [9.17, 15) is 0 Å². The Balaban J connectivity index is 3.29. The van der Waals surface area contributed by atoms with Crippen LogP contribution in [0, 0.1) is 0 Å². The Labute approximate surface area is 51.6 Å². The Morgan fingerprint density at radius 3 is 2.50 bits per heavy atom. The van der Waals surface area contributed by atoms with Gasteiger partial charge in [0.05, 0.1) is 0 Å². The van der Waals surface area contributed by atoms with Crippen LogP contribution in [-0.2, 0) is 0 Å². The quantitative estimate of drug-likeness (QED) is 0.595. The predicted molar refractivity (Wildman–Crippen MR) is 37.5 cm³/mol. The van der Waals surface area contributed by atoms with Crippen LogP contribution in [0.4, 0.5) is 0 Å².